The number of rotatable bonds is 3. The predicted octanol–water partition coefficient (Wildman–Crippen LogP) is 1.40. The van der Waals surface area contributed by atoms with Crippen LogP contribution in [0.15, 0.2) is 36.7 Å². The van der Waals surface area contributed by atoms with Crippen molar-refractivity contribution in [3.63, 3.8) is 0 Å². The number of ether oxygens (including phenoxy) is 1. The van der Waals surface area contributed by atoms with Crippen molar-refractivity contribution >= 4 is 5.91 Å². The number of hydrogen-bond donors (Lipinski definition) is 1. The Morgan fingerprint density at radius 1 is 1.50 bits per heavy atom. The molecule has 104 valence electrons. The predicted molar refractivity (Wildman–Crippen MR) is 74.7 cm³/mol. The first-order chi connectivity index (χ1) is 9.72. The molecule has 1 amide bonds. The number of hydrogen-bond acceptors (Lipinski definition) is 3. The molecule has 0 spiro atoms. The number of nitrogens with zero attached hydrogens (tertiary/aromatic N) is 2. The summed E-state index contributed by atoms with van der Waals surface area (Å²) in [7, 11) is 1.79. The van der Waals surface area contributed by atoms with Gasteiger partial charge in [0.25, 0.3) is 5.91 Å². The number of carbonyl (C=O) groups is 1. The molecule has 0 unspecified atom stereocenters. The summed E-state index contributed by atoms with van der Waals surface area (Å²) in [4.78, 5) is 11.9. The van der Waals surface area contributed by atoms with Gasteiger partial charge < -0.3 is 10.1 Å². The molecule has 2 aromatic rings. The number of benzene rings is 1. The van der Waals surface area contributed by atoms with E-state index in [1.54, 1.807) is 24.1 Å². The first-order valence-electron chi connectivity index (χ1n) is 6.70. The minimum atomic E-state index is -0.0861. The van der Waals surface area contributed by atoms with Crippen LogP contribution in [0.5, 0.6) is 5.75 Å². The highest BCUT2D eigenvalue weighted by Gasteiger charge is 2.20. The summed E-state index contributed by atoms with van der Waals surface area (Å²) in [6.07, 6.45) is 4.22. The zero-order valence-electron chi connectivity index (χ0n) is 11.4. The van der Waals surface area contributed by atoms with E-state index in [9.17, 15) is 4.79 Å². The van der Waals surface area contributed by atoms with Gasteiger partial charge in [0, 0.05) is 25.7 Å². The van der Waals surface area contributed by atoms with E-state index in [0.29, 0.717) is 24.6 Å². The van der Waals surface area contributed by atoms with Crippen molar-refractivity contribution in [2.24, 2.45) is 13.0 Å². The maximum Gasteiger partial charge on any atom is 0.254 e. The van der Waals surface area contributed by atoms with E-state index in [4.69, 9.17) is 4.74 Å². The second kappa shape index (κ2) is 5.36. The van der Waals surface area contributed by atoms with Crippen LogP contribution in [0.25, 0.3) is 0 Å². The molecule has 1 atom stereocenters. The van der Waals surface area contributed by atoms with Crippen LogP contribution in [0.3, 0.4) is 0 Å². The van der Waals surface area contributed by atoms with E-state index in [2.05, 4.69) is 16.5 Å². The second-order valence-electron chi connectivity index (χ2n) is 5.10. The minimum absolute atomic E-state index is 0.0861. The maximum atomic E-state index is 11.9. The number of nitrogens with one attached hydrogen (secondary N) is 1. The summed E-state index contributed by atoms with van der Waals surface area (Å²) >= 11 is 0. The fourth-order valence-electron chi connectivity index (χ4n) is 2.40. The summed E-state index contributed by atoms with van der Waals surface area (Å²) < 4.78 is 7.33. The third kappa shape index (κ3) is 2.66. The topological polar surface area (TPSA) is 56.2 Å². The van der Waals surface area contributed by atoms with E-state index in [1.807, 2.05) is 18.2 Å². The molecule has 1 N–H and O–H groups in total. The zero-order valence-corrected chi connectivity index (χ0v) is 11.4. The Morgan fingerprint density at radius 3 is 3.15 bits per heavy atom. The maximum absolute atomic E-state index is 11.9. The number of fused-ring (bicyclic) bond motifs is 1. The van der Waals surface area contributed by atoms with Crippen molar-refractivity contribution in [1.29, 1.82) is 0 Å². The minimum Gasteiger partial charge on any atom is -0.493 e. The van der Waals surface area contributed by atoms with Gasteiger partial charge in [0.2, 0.25) is 0 Å². The van der Waals surface area contributed by atoms with E-state index < -0.39 is 0 Å². The van der Waals surface area contributed by atoms with Crippen molar-refractivity contribution < 1.29 is 9.53 Å². The molecule has 1 aromatic carbocycles. The van der Waals surface area contributed by atoms with Gasteiger partial charge in [-0.05, 0) is 18.1 Å². The Kier molecular flexibility index (Phi) is 3.41. The lowest BCUT2D eigenvalue weighted by atomic mass is 9.97. The Balaban J connectivity index is 1.56. The SMILES string of the molecule is Cn1cc(C(=O)NC[C@@H]2COc3ccccc3C2)cn1. The normalized spacial score (nSPS) is 17.1. The van der Waals surface area contributed by atoms with Crippen LogP contribution in [0.4, 0.5) is 0 Å². The van der Waals surface area contributed by atoms with Gasteiger partial charge in [-0.3, -0.25) is 9.48 Å². The van der Waals surface area contributed by atoms with Crippen LogP contribution in [0.1, 0.15) is 15.9 Å². The van der Waals surface area contributed by atoms with Gasteiger partial charge >= 0.3 is 0 Å². The third-order valence-electron chi connectivity index (χ3n) is 3.47. The van der Waals surface area contributed by atoms with Crippen LogP contribution < -0.4 is 10.1 Å². The Bertz CT molecular complexity index is 621. The summed E-state index contributed by atoms with van der Waals surface area (Å²) in [5.41, 5.74) is 1.80. The number of aryl methyl sites for hydroxylation is 1. The first kappa shape index (κ1) is 12.7. The molecular weight excluding hydrogens is 254 g/mol. The fourth-order valence-corrected chi connectivity index (χ4v) is 2.40. The Morgan fingerprint density at radius 2 is 2.35 bits per heavy atom. The van der Waals surface area contributed by atoms with Crippen molar-refractivity contribution in [2.75, 3.05) is 13.2 Å². The average Bonchev–Trinajstić information content (AvgIpc) is 2.91. The third-order valence-corrected chi connectivity index (χ3v) is 3.47. The fraction of sp³-hybridized carbons (Fsp3) is 0.333. The lowest BCUT2D eigenvalue weighted by molar-refractivity contribution is 0.0939. The van der Waals surface area contributed by atoms with Gasteiger partial charge in [-0.1, -0.05) is 18.2 Å². The largest absolute Gasteiger partial charge is 0.493 e. The van der Waals surface area contributed by atoms with Gasteiger partial charge in [-0.2, -0.15) is 5.10 Å². The molecule has 0 bridgehead atoms. The molecule has 0 saturated heterocycles. The van der Waals surface area contributed by atoms with Crippen molar-refractivity contribution in [1.82, 2.24) is 15.1 Å². The average molecular weight is 271 g/mol. The van der Waals surface area contributed by atoms with E-state index in [-0.39, 0.29) is 5.91 Å². The zero-order chi connectivity index (χ0) is 13.9. The highest BCUT2D eigenvalue weighted by atomic mass is 16.5. The molecule has 3 rings (SSSR count). The lowest BCUT2D eigenvalue weighted by Gasteiger charge is -2.25. The van der Waals surface area contributed by atoms with Gasteiger partial charge in [-0.25, -0.2) is 0 Å². The summed E-state index contributed by atoms with van der Waals surface area (Å²) in [5.74, 6) is 1.19. The molecule has 0 fully saturated rings. The van der Waals surface area contributed by atoms with Crippen molar-refractivity contribution in [3.8, 4) is 5.75 Å². The van der Waals surface area contributed by atoms with Gasteiger partial charge in [-0.15, -0.1) is 0 Å². The number of para-hydroxylation sites is 1. The Labute approximate surface area is 117 Å². The summed E-state index contributed by atoms with van der Waals surface area (Å²) in [6.45, 7) is 1.26. The standard InChI is InChI=1S/C15H17N3O2/c1-18-9-13(8-17-18)15(19)16-7-11-6-12-4-2-3-5-14(12)20-10-11/h2-5,8-9,11H,6-7,10H2,1H3,(H,16,19)/t11-/m1/s1. The highest BCUT2D eigenvalue weighted by Crippen LogP contribution is 2.26. The van der Waals surface area contributed by atoms with Crippen LogP contribution in [-0.4, -0.2) is 28.8 Å². The molecule has 20 heavy (non-hydrogen) atoms. The smallest absolute Gasteiger partial charge is 0.254 e. The van der Waals surface area contributed by atoms with Crippen LogP contribution in [0, 0.1) is 5.92 Å². The molecule has 1 aliphatic heterocycles. The highest BCUT2D eigenvalue weighted by molar-refractivity contribution is 5.93. The number of carbonyl (C=O) groups excluding carboxylic acids is 1. The molecule has 0 aliphatic carbocycles. The van der Waals surface area contributed by atoms with E-state index >= 15 is 0 Å². The number of amides is 1. The summed E-state index contributed by atoms with van der Waals surface area (Å²) in [5, 5.41) is 6.93. The molecule has 5 nitrogen and oxygen atoms in total. The van der Waals surface area contributed by atoms with Crippen LogP contribution in [-0.2, 0) is 13.5 Å². The van der Waals surface area contributed by atoms with Crippen molar-refractivity contribution in [3.05, 3.63) is 47.8 Å². The van der Waals surface area contributed by atoms with Crippen molar-refractivity contribution in [2.45, 2.75) is 6.42 Å². The van der Waals surface area contributed by atoms with Gasteiger partial charge in [0.1, 0.15) is 5.75 Å². The van der Waals surface area contributed by atoms with Gasteiger partial charge in [0.05, 0.1) is 18.4 Å². The molecular formula is C15H17N3O2. The molecule has 1 aliphatic rings. The van der Waals surface area contributed by atoms with E-state index in [1.165, 1.54) is 5.56 Å². The molecule has 0 saturated carbocycles. The number of aromatic nitrogens is 2. The first-order valence-corrected chi connectivity index (χ1v) is 6.70. The molecule has 0 radical (unpaired) electrons. The molecule has 2 heterocycles. The second-order valence-corrected chi connectivity index (χ2v) is 5.10. The monoisotopic (exact) mass is 271 g/mol. The lowest BCUT2D eigenvalue weighted by Crippen LogP contribution is -2.34. The quantitative estimate of drug-likeness (QED) is 0.918. The molecule has 5 heteroatoms. The Hall–Kier alpha value is -2.30. The summed E-state index contributed by atoms with van der Waals surface area (Å²) in [6, 6.07) is 8.05. The van der Waals surface area contributed by atoms with Gasteiger partial charge in [0.15, 0.2) is 0 Å². The van der Waals surface area contributed by atoms with Crippen LogP contribution >= 0.6 is 0 Å². The van der Waals surface area contributed by atoms with E-state index in [0.717, 1.165) is 12.2 Å². The van der Waals surface area contributed by atoms with Crippen LogP contribution in [0.2, 0.25) is 0 Å². The molecule has 1 aromatic heterocycles.